The first-order valence-corrected chi connectivity index (χ1v) is 8.13. The molecule has 0 unspecified atom stereocenters. The van der Waals surface area contributed by atoms with Crippen LogP contribution in [0.2, 0.25) is 0 Å². The first kappa shape index (κ1) is 15.5. The van der Waals surface area contributed by atoms with Crippen molar-refractivity contribution in [1.82, 2.24) is 15.0 Å². The van der Waals surface area contributed by atoms with Crippen LogP contribution >= 0.6 is 0 Å². The maximum atomic E-state index is 13.1. The predicted molar refractivity (Wildman–Crippen MR) is 90.8 cm³/mol. The van der Waals surface area contributed by atoms with E-state index in [0.29, 0.717) is 31.1 Å². The van der Waals surface area contributed by atoms with Crippen LogP contribution < -0.4 is 0 Å². The van der Waals surface area contributed by atoms with E-state index >= 15 is 0 Å². The summed E-state index contributed by atoms with van der Waals surface area (Å²) in [7, 11) is 0. The Labute approximate surface area is 145 Å². The molecule has 1 atom stereocenters. The zero-order chi connectivity index (χ0) is 17.1. The highest BCUT2D eigenvalue weighted by atomic mass is 16.5. The van der Waals surface area contributed by atoms with Crippen molar-refractivity contribution >= 4 is 5.91 Å². The molecular weight excluding hydrogens is 318 g/mol. The van der Waals surface area contributed by atoms with Crippen LogP contribution in [0.25, 0.3) is 11.4 Å². The molecule has 25 heavy (non-hydrogen) atoms. The molecule has 2 heterocycles. The minimum Gasteiger partial charge on any atom is -0.377 e. The van der Waals surface area contributed by atoms with E-state index in [-0.39, 0.29) is 11.9 Å². The molecule has 6 heteroatoms. The lowest BCUT2D eigenvalue weighted by Gasteiger charge is -2.36. The highest BCUT2D eigenvalue weighted by Crippen LogP contribution is 2.26. The van der Waals surface area contributed by atoms with Crippen molar-refractivity contribution in [2.24, 2.45) is 0 Å². The Balaban J connectivity index is 1.64. The van der Waals surface area contributed by atoms with Crippen LogP contribution in [0.1, 0.15) is 22.0 Å². The van der Waals surface area contributed by atoms with Gasteiger partial charge in [-0.15, -0.1) is 0 Å². The van der Waals surface area contributed by atoms with Crippen LogP contribution in [0, 0.1) is 0 Å². The average Bonchev–Trinajstić information content (AvgIpc) is 3.23. The third-order valence-electron chi connectivity index (χ3n) is 4.30. The number of aromatic nitrogens is 2. The molecule has 4 rings (SSSR count). The number of ether oxygens (including phenoxy) is 1. The van der Waals surface area contributed by atoms with Crippen LogP contribution in [-0.4, -0.2) is 40.7 Å². The first-order chi connectivity index (χ1) is 12.3. The van der Waals surface area contributed by atoms with Gasteiger partial charge in [0.15, 0.2) is 0 Å². The van der Waals surface area contributed by atoms with E-state index in [2.05, 4.69) is 10.1 Å². The molecule has 2 aromatic carbocycles. The Kier molecular flexibility index (Phi) is 4.26. The minimum absolute atomic E-state index is 0.0255. The van der Waals surface area contributed by atoms with Crippen molar-refractivity contribution in [3.8, 4) is 11.4 Å². The Morgan fingerprint density at radius 2 is 2.00 bits per heavy atom. The summed E-state index contributed by atoms with van der Waals surface area (Å²) in [6, 6.07) is 17.2. The van der Waals surface area contributed by atoms with Gasteiger partial charge in [0, 0.05) is 17.7 Å². The van der Waals surface area contributed by atoms with Crippen molar-refractivity contribution in [2.75, 3.05) is 19.8 Å². The largest absolute Gasteiger partial charge is 0.377 e. The van der Waals surface area contributed by atoms with E-state index in [4.69, 9.17) is 9.26 Å². The van der Waals surface area contributed by atoms with Gasteiger partial charge in [-0.25, -0.2) is 0 Å². The lowest BCUT2D eigenvalue weighted by Crippen LogP contribution is -2.43. The molecule has 1 amide bonds. The van der Waals surface area contributed by atoms with E-state index < -0.39 is 0 Å². The molecule has 126 valence electrons. The normalized spacial score (nSPS) is 17.4. The van der Waals surface area contributed by atoms with Gasteiger partial charge in [0.05, 0.1) is 19.3 Å². The highest BCUT2D eigenvalue weighted by molar-refractivity contribution is 5.95. The maximum absolute atomic E-state index is 13.1. The summed E-state index contributed by atoms with van der Waals surface area (Å²) in [4.78, 5) is 19.0. The SMILES string of the molecule is O=C(c1cccc(-c2ncon2)c1)N1CCOC[C@H]1c1ccccc1. The first-order valence-electron chi connectivity index (χ1n) is 8.13. The Hall–Kier alpha value is -2.99. The molecule has 1 saturated heterocycles. The van der Waals surface area contributed by atoms with Crippen LogP contribution in [0.15, 0.2) is 65.5 Å². The molecule has 1 aromatic heterocycles. The quantitative estimate of drug-likeness (QED) is 0.736. The number of amides is 1. The topological polar surface area (TPSA) is 68.5 Å². The van der Waals surface area contributed by atoms with Crippen molar-refractivity contribution < 1.29 is 14.1 Å². The van der Waals surface area contributed by atoms with Gasteiger partial charge in [-0.2, -0.15) is 4.98 Å². The number of hydrogen-bond acceptors (Lipinski definition) is 5. The van der Waals surface area contributed by atoms with E-state index in [9.17, 15) is 4.79 Å². The lowest BCUT2D eigenvalue weighted by atomic mass is 10.0. The summed E-state index contributed by atoms with van der Waals surface area (Å²) in [6.07, 6.45) is 1.28. The highest BCUT2D eigenvalue weighted by Gasteiger charge is 2.29. The third-order valence-corrected chi connectivity index (χ3v) is 4.30. The second-order valence-corrected chi connectivity index (χ2v) is 5.84. The van der Waals surface area contributed by atoms with Gasteiger partial charge in [-0.1, -0.05) is 47.6 Å². The second-order valence-electron chi connectivity index (χ2n) is 5.84. The zero-order valence-electron chi connectivity index (χ0n) is 13.5. The number of carbonyl (C=O) groups excluding carboxylic acids is 1. The van der Waals surface area contributed by atoms with Gasteiger partial charge >= 0.3 is 0 Å². The standard InChI is InChI=1S/C19H17N3O3/c23-19(16-8-4-7-15(11-16)18-20-13-25-21-18)22-9-10-24-12-17(22)14-5-2-1-3-6-14/h1-8,11,13,17H,9-10,12H2/t17-/m0/s1. The third kappa shape index (κ3) is 3.16. The fraction of sp³-hybridized carbons (Fsp3) is 0.211. The molecular formula is C19H17N3O3. The molecule has 6 nitrogen and oxygen atoms in total. The van der Waals surface area contributed by atoms with E-state index in [0.717, 1.165) is 11.1 Å². The molecule has 0 bridgehead atoms. The van der Waals surface area contributed by atoms with Crippen LogP contribution in [0.5, 0.6) is 0 Å². The van der Waals surface area contributed by atoms with Crippen molar-refractivity contribution in [1.29, 1.82) is 0 Å². The Bertz CT molecular complexity index is 849. The van der Waals surface area contributed by atoms with Gasteiger partial charge in [0.1, 0.15) is 0 Å². The molecule has 0 spiro atoms. The van der Waals surface area contributed by atoms with E-state index in [1.165, 1.54) is 6.39 Å². The van der Waals surface area contributed by atoms with Crippen molar-refractivity contribution in [3.05, 3.63) is 72.1 Å². The summed E-state index contributed by atoms with van der Waals surface area (Å²) in [5.74, 6) is 0.443. The fourth-order valence-corrected chi connectivity index (χ4v) is 3.05. The number of benzene rings is 2. The molecule has 1 fully saturated rings. The maximum Gasteiger partial charge on any atom is 0.254 e. The smallest absolute Gasteiger partial charge is 0.254 e. The summed E-state index contributed by atoms with van der Waals surface area (Å²) < 4.78 is 10.4. The molecule has 3 aromatic rings. The summed E-state index contributed by atoms with van der Waals surface area (Å²) >= 11 is 0. The summed E-state index contributed by atoms with van der Waals surface area (Å²) in [5, 5.41) is 3.83. The molecule has 0 radical (unpaired) electrons. The van der Waals surface area contributed by atoms with Gasteiger partial charge < -0.3 is 14.2 Å². The van der Waals surface area contributed by atoms with E-state index in [1.54, 1.807) is 6.07 Å². The molecule has 1 aliphatic rings. The molecule has 1 aliphatic heterocycles. The Morgan fingerprint density at radius 3 is 2.80 bits per heavy atom. The summed E-state index contributed by atoms with van der Waals surface area (Å²) in [5.41, 5.74) is 2.43. The summed E-state index contributed by atoms with van der Waals surface area (Å²) in [6.45, 7) is 1.60. The van der Waals surface area contributed by atoms with Gasteiger partial charge in [0.2, 0.25) is 12.2 Å². The Morgan fingerprint density at radius 1 is 1.12 bits per heavy atom. The van der Waals surface area contributed by atoms with Crippen molar-refractivity contribution in [2.45, 2.75) is 6.04 Å². The lowest BCUT2D eigenvalue weighted by molar-refractivity contribution is -0.00269. The molecule has 0 N–H and O–H groups in total. The second kappa shape index (κ2) is 6.86. The van der Waals surface area contributed by atoms with Crippen LogP contribution in [0.3, 0.4) is 0 Å². The van der Waals surface area contributed by atoms with Gasteiger partial charge in [0.25, 0.3) is 5.91 Å². The van der Waals surface area contributed by atoms with Gasteiger partial charge in [-0.05, 0) is 17.7 Å². The monoisotopic (exact) mass is 335 g/mol. The zero-order valence-corrected chi connectivity index (χ0v) is 13.5. The average molecular weight is 335 g/mol. The molecule has 0 saturated carbocycles. The fourth-order valence-electron chi connectivity index (χ4n) is 3.05. The van der Waals surface area contributed by atoms with Crippen LogP contribution in [-0.2, 0) is 4.74 Å². The van der Waals surface area contributed by atoms with Crippen LogP contribution in [0.4, 0.5) is 0 Å². The number of rotatable bonds is 3. The predicted octanol–water partition coefficient (Wildman–Crippen LogP) is 2.95. The van der Waals surface area contributed by atoms with Crippen molar-refractivity contribution in [3.63, 3.8) is 0 Å². The number of morpholine rings is 1. The minimum atomic E-state index is -0.0868. The van der Waals surface area contributed by atoms with Gasteiger partial charge in [-0.3, -0.25) is 4.79 Å². The number of nitrogens with zero attached hydrogens (tertiary/aromatic N) is 3. The number of carbonyl (C=O) groups is 1. The van der Waals surface area contributed by atoms with E-state index in [1.807, 2.05) is 53.4 Å². The molecule has 0 aliphatic carbocycles. The number of hydrogen-bond donors (Lipinski definition) is 0.